The van der Waals surface area contributed by atoms with Gasteiger partial charge in [0, 0.05) is 31.6 Å². The van der Waals surface area contributed by atoms with Crippen LogP contribution in [0, 0.1) is 0 Å². The van der Waals surface area contributed by atoms with Crippen LogP contribution >= 0.6 is 0 Å². The molecule has 0 radical (unpaired) electrons. The van der Waals surface area contributed by atoms with Crippen molar-refractivity contribution in [2.45, 2.75) is 46.1 Å². The number of sulfonamides is 1. The van der Waals surface area contributed by atoms with E-state index in [0.717, 1.165) is 5.76 Å². The number of aliphatic imine (C=N–C) groups is 1. The van der Waals surface area contributed by atoms with Gasteiger partial charge in [-0.1, -0.05) is 20.8 Å². The second-order valence-corrected chi connectivity index (χ2v) is 9.15. The first-order chi connectivity index (χ1) is 11.7. The van der Waals surface area contributed by atoms with Crippen LogP contribution in [-0.2, 0) is 22.0 Å². The van der Waals surface area contributed by atoms with Gasteiger partial charge in [-0.25, -0.2) is 22.7 Å². The molecular formula is C16H29N5O3S. The molecule has 0 aromatic carbocycles. The molecule has 9 heteroatoms. The molecule has 25 heavy (non-hydrogen) atoms. The minimum absolute atomic E-state index is 0.0844. The molecule has 1 fully saturated rings. The largest absolute Gasteiger partial charge is 0.443 e. The first-order valence-corrected chi connectivity index (χ1v) is 10.3. The smallest absolute Gasteiger partial charge is 0.216 e. The van der Waals surface area contributed by atoms with Crippen molar-refractivity contribution in [2.75, 3.05) is 31.9 Å². The molecule has 0 spiro atoms. The second-order valence-electron chi connectivity index (χ2n) is 7.06. The fourth-order valence-electron chi connectivity index (χ4n) is 2.46. The summed E-state index contributed by atoms with van der Waals surface area (Å²) in [5.74, 6) is 2.26. The van der Waals surface area contributed by atoms with Gasteiger partial charge in [0.05, 0.1) is 11.9 Å². The van der Waals surface area contributed by atoms with Crippen molar-refractivity contribution in [1.82, 2.24) is 19.9 Å². The van der Waals surface area contributed by atoms with Crippen LogP contribution in [0.15, 0.2) is 15.6 Å². The minimum Gasteiger partial charge on any atom is -0.443 e. The molecule has 1 saturated heterocycles. The van der Waals surface area contributed by atoms with Crippen LogP contribution < -0.4 is 10.6 Å². The number of hydrogen-bond donors (Lipinski definition) is 2. The van der Waals surface area contributed by atoms with Gasteiger partial charge in [0.15, 0.2) is 5.96 Å². The number of oxazole rings is 1. The molecule has 2 heterocycles. The normalized spacial score (nSPS) is 18.5. The molecule has 0 amide bonds. The average molecular weight is 372 g/mol. The first-order valence-electron chi connectivity index (χ1n) is 8.67. The zero-order chi connectivity index (χ0) is 18.5. The fourth-order valence-corrected chi connectivity index (χ4v) is 3.99. The Morgan fingerprint density at radius 3 is 2.72 bits per heavy atom. The molecule has 1 aliphatic rings. The molecule has 0 aliphatic carbocycles. The summed E-state index contributed by atoms with van der Waals surface area (Å²) in [6, 6.07) is 0. The van der Waals surface area contributed by atoms with Crippen molar-refractivity contribution in [1.29, 1.82) is 0 Å². The number of hydrogen-bond acceptors (Lipinski definition) is 5. The zero-order valence-corrected chi connectivity index (χ0v) is 16.3. The molecule has 0 atom stereocenters. The third-order valence-corrected chi connectivity index (χ3v) is 5.82. The summed E-state index contributed by atoms with van der Waals surface area (Å²) in [4.78, 5) is 8.71. The van der Waals surface area contributed by atoms with E-state index in [1.165, 1.54) is 4.31 Å². The number of aromatic nitrogens is 1. The number of guanidine groups is 1. The molecular weight excluding hydrogens is 342 g/mol. The van der Waals surface area contributed by atoms with Crippen molar-refractivity contribution in [3.05, 3.63) is 17.8 Å². The third kappa shape index (κ3) is 5.71. The van der Waals surface area contributed by atoms with E-state index in [0.29, 0.717) is 51.0 Å². The van der Waals surface area contributed by atoms with Gasteiger partial charge in [-0.3, -0.25) is 0 Å². The molecule has 0 bridgehead atoms. The van der Waals surface area contributed by atoms with Gasteiger partial charge in [0.25, 0.3) is 0 Å². The summed E-state index contributed by atoms with van der Waals surface area (Å²) >= 11 is 0. The summed E-state index contributed by atoms with van der Waals surface area (Å²) in [6.07, 6.45) is 2.44. The lowest BCUT2D eigenvalue weighted by atomic mass is 9.94. The van der Waals surface area contributed by atoms with Crippen LogP contribution in [0.2, 0.25) is 0 Å². The maximum Gasteiger partial charge on any atom is 0.216 e. The van der Waals surface area contributed by atoms with Gasteiger partial charge in [0.2, 0.25) is 15.9 Å². The average Bonchev–Trinajstić information content (AvgIpc) is 3.11. The van der Waals surface area contributed by atoms with Gasteiger partial charge in [-0.2, -0.15) is 0 Å². The van der Waals surface area contributed by atoms with Crippen LogP contribution in [-0.4, -0.2) is 55.6 Å². The number of rotatable bonds is 6. The molecule has 1 aromatic rings. The highest BCUT2D eigenvalue weighted by Crippen LogP contribution is 2.22. The number of nitrogens with zero attached hydrogens (tertiary/aromatic N) is 3. The van der Waals surface area contributed by atoms with Crippen molar-refractivity contribution >= 4 is 16.0 Å². The monoisotopic (exact) mass is 371 g/mol. The SMILES string of the molecule is CCNC(=NCc1ncc(C(C)(C)C)o1)NCCN1CCCS1(=O)=O. The second kappa shape index (κ2) is 8.18. The summed E-state index contributed by atoms with van der Waals surface area (Å²) in [5, 5.41) is 6.29. The molecule has 142 valence electrons. The number of nitrogens with one attached hydrogen (secondary N) is 2. The van der Waals surface area contributed by atoms with Crippen molar-refractivity contribution < 1.29 is 12.8 Å². The molecule has 1 aromatic heterocycles. The van der Waals surface area contributed by atoms with E-state index in [4.69, 9.17) is 4.42 Å². The Hall–Kier alpha value is -1.61. The lowest BCUT2D eigenvalue weighted by molar-refractivity contribution is 0.383. The molecule has 2 N–H and O–H groups in total. The predicted molar refractivity (Wildman–Crippen MR) is 98.0 cm³/mol. The molecule has 0 saturated carbocycles. The Bertz CT molecular complexity index is 691. The van der Waals surface area contributed by atoms with Crippen molar-refractivity contribution in [2.24, 2.45) is 4.99 Å². The standard InChI is InChI=1S/C16H29N5O3S/c1-5-17-15(18-7-9-21-8-6-10-25(21,22)23)20-12-14-19-11-13(24-14)16(2,3)4/h11H,5-10,12H2,1-4H3,(H2,17,18,20). The van der Waals surface area contributed by atoms with Crippen LogP contribution in [0.25, 0.3) is 0 Å². The minimum atomic E-state index is -3.06. The maximum atomic E-state index is 11.8. The molecule has 0 unspecified atom stereocenters. The molecule has 8 nitrogen and oxygen atoms in total. The van der Waals surface area contributed by atoms with Gasteiger partial charge < -0.3 is 15.1 Å². The quantitative estimate of drug-likeness (QED) is 0.573. The van der Waals surface area contributed by atoms with Crippen LogP contribution in [0.3, 0.4) is 0 Å². The Labute approximate surface area is 150 Å². The van der Waals surface area contributed by atoms with E-state index in [9.17, 15) is 8.42 Å². The fraction of sp³-hybridized carbons (Fsp3) is 0.750. The van der Waals surface area contributed by atoms with Crippen molar-refractivity contribution in [3.63, 3.8) is 0 Å². The lowest BCUT2D eigenvalue weighted by Gasteiger charge is -2.16. The van der Waals surface area contributed by atoms with E-state index in [2.05, 4.69) is 41.4 Å². The van der Waals surface area contributed by atoms with Gasteiger partial charge in [-0.15, -0.1) is 0 Å². The van der Waals surface area contributed by atoms with Gasteiger partial charge in [0.1, 0.15) is 12.3 Å². The van der Waals surface area contributed by atoms with Crippen LogP contribution in [0.4, 0.5) is 0 Å². The topological polar surface area (TPSA) is 99.8 Å². The summed E-state index contributed by atoms with van der Waals surface area (Å²) < 4.78 is 30.8. The summed E-state index contributed by atoms with van der Waals surface area (Å²) in [7, 11) is -3.06. The van der Waals surface area contributed by atoms with E-state index >= 15 is 0 Å². The Morgan fingerprint density at radius 1 is 1.40 bits per heavy atom. The van der Waals surface area contributed by atoms with Gasteiger partial charge in [-0.05, 0) is 13.3 Å². The highest BCUT2D eigenvalue weighted by atomic mass is 32.2. The van der Waals surface area contributed by atoms with Crippen molar-refractivity contribution in [3.8, 4) is 0 Å². The summed E-state index contributed by atoms with van der Waals surface area (Å²) in [5.41, 5.74) is -0.0844. The lowest BCUT2D eigenvalue weighted by Crippen LogP contribution is -2.42. The molecule has 1 aliphatic heterocycles. The zero-order valence-electron chi connectivity index (χ0n) is 15.5. The summed E-state index contributed by atoms with van der Waals surface area (Å²) in [6.45, 7) is 10.8. The Morgan fingerprint density at radius 2 is 2.16 bits per heavy atom. The predicted octanol–water partition coefficient (Wildman–Crippen LogP) is 1.06. The highest BCUT2D eigenvalue weighted by Gasteiger charge is 2.27. The van der Waals surface area contributed by atoms with E-state index in [1.807, 2.05) is 6.92 Å². The highest BCUT2D eigenvalue weighted by molar-refractivity contribution is 7.89. The molecule has 2 rings (SSSR count). The Kier molecular flexibility index (Phi) is 6.45. The third-order valence-electron chi connectivity index (χ3n) is 3.87. The van der Waals surface area contributed by atoms with Crippen LogP contribution in [0.5, 0.6) is 0 Å². The Balaban J connectivity index is 1.89. The first kappa shape index (κ1) is 19.7. The van der Waals surface area contributed by atoms with E-state index in [1.54, 1.807) is 6.20 Å². The van der Waals surface area contributed by atoms with Crippen LogP contribution in [0.1, 0.15) is 45.8 Å². The maximum absolute atomic E-state index is 11.8. The van der Waals surface area contributed by atoms with E-state index < -0.39 is 10.0 Å². The van der Waals surface area contributed by atoms with Gasteiger partial charge >= 0.3 is 0 Å². The van der Waals surface area contributed by atoms with E-state index in [-0.39, 0.29) is 11.2 Å².